The summed E-state index contributed by atoms with van der Waals surface area (Å²) < 4.78 is 1.80. The van der Waals surface area contributed by atoms with Gasteiger partial charge in [0.1, 0.15) is 12.1 Å². The molecule has 0 bridgehead atoms. The van der Waals surface area contributed by atoms with Crippen LogP contribution in [0, 0.1) is 0 Å². The highest BCUT2D eigenvalue weighted by atomic mass is 16.2. The Hall–Kier alpha value is -2.74. The molecule has 0 spiro atoms. The van der Waals surface area contributed by atoms with Gasteiger partial charge in [-0.3, -0.25) is 19.1 Å². The van der Waals surface area contributed by atoms with Crippen molar-refractivity contribution in [2.45, 2.75) is 25.7 Å². The van der Waals surface area contributed by atoms with E-state index in [9.17, 15) is 9.59 Å². The lowest BCUT2D eigenvalue weighted by atomic mass is 10.2. The zero-order valence-electron chi connectivity index (χ0n) is 16.7. The number of nitrogens with zero attached hydrogens (tertiary/aromatic N) is 6. The third-order valence-corrected chi connectivity index (χ3v) is 5.74. The van der Waals surface area contributed by atoms with Crippen LogP contribution in [0.5, 0.6) is 0 Å². The van der Waals surface area contributed by atoms with Gasteiger partial charge in [-0.05, 0) is 25.0 Å². The smallest absolute Gasteiger partial charge is 0.255 e. The van der Waals surface area contributed by atoms with Crippen LogP contribution < -0.4 is 0 Å². The van der Waals surface area contributed by atoms with Crippen LogP contribution in [0.3, 0.4) is 0 Å². The summed E-state index contributed by atoms with van der Waals surface area (Å²) in [6, 6.07) is 3.63. The first kappa shape index (κ1) is 19.6. The minimum Gasteiger partial charge on any atom is -0.342 e. The van der Waals surface area contributed by atoms with Crippen LogP contribution in [0.25, 0.3) is 5.82 Å². The molecule has 0 aliphatic carbocycles. The van der Waals surface area contributed by atoms with E-state index in [1.807, 2.05) is 22.1 Å². The second-order valence-electron chi connectivity index (χ2n) is 7.74. The fourth-order valence-electron chi connectivity index (χ4n) is 3.96. The summed E-state index contributed by atoms with van der Waals surface area (Å²) >= 11 is 0. The molecule has 0 radical (unpaired) electrons. The predicted octanol–water partition coefficient (Wildman–Crippen LogP) is 1.43. The zero-order valence-corrected chi connectivity index (χ0v) is 16.7. The summed E-state index contributed by atoms with van der Waals surface area (Å²) in [6.45, 7) is 4.96. The largest absolute Gasteiger partial charge is 0.342 e. The van der Waals surface area contributed by atoms with Crippen molar-refractivity contribution in [1.82, 2.24) is 29.2 Å². The summed E-state index contributed by atoms with van der Waals surface area (Å²) in [5.74, 6) is 0.954. The van der Waals surface area contributed by atoms with Crippen LogP contribution in [-0.2, 0) is 4.79 Å². The van der Waals surface area contributed by atoms with Gasteiger partial charge in [0.05, 0.1) is 12.1 Å². The van der Waals surface area contributed by atoms with Gasteiger partial charge in [0.25, 0.3) is 5.91 Å². The number of amides is 2. The molecule has 4 heterocycles. The summed E-state index contributed by atoms with van der Waals surface area (Å²) in [5, 5.41) is 0. The molecule has 0 saturated carbocycles. The molecule has 29 heavy (non-hydrogen) atoms. The Morgan fingerprint density at radius 1 is 0.897 bits per heavy atom. The van der Waals surface area contributed by atoms with E-state index in [1.54, 1.807) is 29.4 Å². The average molecular weight is 396 g/mol. The number of rotatable bonds is 4. The maximum atomic E-state index is 12.8. The molecular weight excluding hydrogens is 368 g/mol. The Balaban J connectivity index is 1.27. The van der Waals surface area contributed by atoms with E-state index < -0.39 is 0 Å². The standard InChI is InChI=1S/C21H28N6O2/c28-20(25-8-3-1-2-4-9-25)16-24-11-13-26(14-12-24)21(29)18-5-6-19(23-15-18)27-10-7-22-17-27/h5-7,10,15,17H,1-4,8-9,11-14,16H2. The molecule has 2 saturated heterocycles. The number of pyridine rings is 1. The van der Waals surface area contributed by atoms with Gasteiger partial charge in [-0.15, -0.1) is 0 Å². The summed E-state index contributed by atoms with van der Waals surface area (Å²) in [7, 11) is 0. The number of piperazine rings is 1. The first-order valence-corrected chi connectivity index (χ1v) is 10.4. The van der Waals surface area contributed by atoms with Crippen molar-refractivity contribution >= 4 is 11.8 Å². The Bertz CT molecular complexity index is 804. The van der Waals surface area contributed by atoms with Crippen LogP contribution in [0.2, 0.25) is 0 Å². The van der Waals surface area contributed by atoms with Gasteiger partial charge in [0.2, 0.25) is 5.91 Å². The topological polar surface area (TPSA) is 74.6 Å². The van der Waals surface area contributed by atoms with Crippen molar-refractivity contribution in [2.75, 3.05) is 45.8 Å². The fourth-order valence-corrected chi connectivity index (χ4v) is 3.96. The number of hydrogen-bond donors (Lipinski definition) is 0. The lowest BCUT2D eigenvalue weighted by Crippen LogP contribution is -2.51. The van der Waals surface area contributed by atoms with Crippen LogP contribution in [0.1, 0.15) is 36.0 Å². The lowest BCUT2D eigenvalue weighted by Gasteiger charge is -2.35. The van der Waals surface area contributed by atoms with Crippen LogP contribution in [0.4, 0.5) is 0 Å². The highest BCUT2D eigenvalue weighted by Gasteiger charge is 2.25. The maximum Gasteiger partial charge on any atom is 0.255 e. The van der Waals surface area contributed by atoms with Gasteiger partial charge in [-0.2, -0.15) is 0 Å². The number of imidazole rings is 1. The van der Waals surface area contributed by atoms with E-state index in [-0.39, 0.29) is 11.8 Å². The number of aromatic nitrogens is 3. The molecule has 0 aromatic carbocycles. The molecular formula is C21H28N6O2. The van der Waals surface area contributed by atoms with Crippen LogP contribution in [-0.4, -0.2) is 86.9 Å². The van der Waals surface area contributed by atoms with Crippen molar-refractivity contribution < 1.29 is 9.59 Å². The molecule has 2 amide bonds. The van der Waals surface area contributed by atoms with E-state index in [4.69, 9.17) is 0 Å². The molecule has 0 atom stereocenters. The van der Waals surface area contributed by atoms with Crippen molar-refractivity contribution in [3.63, 3.8) is 0 Å². The first-order chi connectivity index (χ1) is 14.2. The van der Waals surface area contributed by atoms with Crippen molar-refractivity contribution in [3.8, 4) is 5.82 Å². The molecule has 154 valence electrons. The Morgan fingerprint density at radius 3 is 2.28 bits per heavy atom. The molecule has 8 nitrogen and oxygen atoms in total. The van der Waals surface area contributed by atoms with Gasteiger partial charge in [-0.25, -0.2) is 9.97 Å². The normalized spacial score (nSPS) is 18.5. The summed E-state index contributed by atoms with van der Waals surface area (Å²) in [4.78, 5) is 39.8. The van der Waals surface area contributed by atoms with Crippen molar-refractivity contribution in [3.05, 3.63) is 42.6 Å². The molecule has 0 N–H and O–H groups in total. The summed E-state index contributed by atoms with van der Waals surface area (Å²) in [6.07, 6.45) is 11.5. The van der Waals surface area contributed by atoms with Crippen molar-refractivity contribution in [2.24, 2.45) is 0 Å². The quantitative estimate of drug-likeness (QED) is 0.782. The van der Waals surface area contributed by atoms with E-state index in [2.05, 4.69) is 14.9 Å². The second-order valence-corrected chi connectivity index (χ2v) is 7.74. The summed E-state index contributed by atoms with van der Waals surface area (Å²) in [5.41, 5.74) is 0.586. The number of hydrogen-bond acceptors (Lipinski definition) is 5. The minimum atomic E-state index is -0.00632. The molecule has 8 heteroatoms. The Labute approximate surface area is 171 Å². The van der Waals surface area contributed by atoms with Gasteiger partial charge < -0.3 is 9.80 Å². The van der Waals surface area contributed by atoms with Crippen molar-refractivity contribution in [1.29, 1.82) is 0 Å². The maximum absolute atomic E-state index is 12.8. The van der Waals surface area contributed by atoms with Gasteiger partial charge >= 0.3 is 0 Å². The monoisotopic (exact) mass is 396 g/mol. The zero-order chi connectivity index (χ0) is 20.1. The minimum absolute atomic E-state index is 0.00632. The van der Waals surface area contributed by atoms with Crippen LogP contribution >= 0.6 is 0 Å². The van der Waals surface area contributed by atoms with E-state index in [0.29, 0.717) is 25.2 Å². The second kappa shape index (κ2) is 9.17. The molecule has 2 aromatic rings. The van der Waals surface area contributed by atoms with E-state index >= 15 is 0 Å². The van der Waals surface area contributed by atoms with E-state index in [0.717, 1.165) is 44.8 Å². The first-order valence-electron chi connectivity index (χ1n) is 10.4. The molecule has 4 rings (SSSR count). The highest BCUT2D eigenvalue weighted by Crippen LogP contribution is 2.13. The Kier molecular flexibility index (Phi) is 6.19. The number of carbonyl (C=O) groups excluding carboxylic acids is 2. The molecule has 0 unspecified atom stereocenters. The number of carbonyl (C=O) groups is 2. The SMILES string of the molecule is O=C(CN1CCN(C(=O)c2ccc(-n3ccnc3)nc2)CC1)N1CCCCCC1. The number of likely N-dealkylation sites (tertiary alicyclic amines) is 1. The van der Waals surface area contributed by atoms with E-state index in [1.165, 1.54) is 12.8 Å². The average Bonchev–Trinajstić information content (AvgIpc) is 3.16. The van der Waals surface area contributed by atoms with Gasteiger partial charge in [-0.1, -0.05) is 12.8 Å². The van der Waals surface area contributed by atoms with Gasteiger partial charge in [0.15, 0.2) is 0 Å². The van der Waals surface area contributed by atoms with Crippen LogP contribution in [0.15, 0.2) is 37.1 Å². The lowest BCUT2D eigenvalue weighted by molar-refractivity contribution is -0.132. The fraction of sp³-hybridized carbons (Fsp3) is 0.524. The molecule has 2 aliphatic rings. The predicted molar refractivity (Wildman–Crippen MR) is 109 cm³/mol. The highest BCUT2D eigenvalue weighted by molar-refractivity contribution is 5.94. The Morgan fingerprint density at radius 2 is 1.66 bits per heavy atom. The third-order valence-electron chi connectivity index (χ3n) is 5.74. The molecule has 2 aromatic heterocycles. The molecule has 2 aliphatic heterocycles. The molecule has 2 fully saturated rings. The van der Waals surface area contributed by atoms with Gasteiger partial charge in [0, 0.05) is 57.9 Å². The third kappa shape index (κ3) is 4.82.